The molecule has 0 radical (unpaired) electrons. The van der Waals surface area contributed by atoms with Gasteiger partial charge in [-0.2, -0.15) is 8.75 Å². The Morgan fingerprint density at radius 3 is 2.39 bits per heavy atom. The van der Waals surface area contributed by atoms with Crippen LogP contribution in [0.15, 0.2) is 42.5 Å². The van der Waals surface area contributed by atoms with Crippen LogP contribution in [0.3, 0.4) is 0 Å². The van der Waals surface area contributed by atoms with E-state index in [9.17, 15) is 8.42 Å². The summed E-state index contributed by atoms with van der Waals surface area (Å²) in [5, 5.41) is 0. The van der Waals surface area contributed by atoms with Gasteiger partial charge in [0.25, 0.3) is 0 Å². The Kier molecular flexibility index (Phi) is 4.43. The lowest BCUT2D eigenvalue weighted by Crippen LogP contribution is -2.27. The SMILES string of the molecule is Cc1ccc(CS(=O)(=O)N(C)Cc2ccc3nsnc3c2)cc1. The van der Waals surface area contributed by atoms with Crippen molar-refractivity contribution in [2.45, 2.75) is 19.2 Å². The summed E-state index contributed by atoms with van der Waals surface area (Å²) in [6, 6.07) is 13.2. The predicted molar refractivity (Wildman–Crippen MR) is 92.7 cm³/mol. The zero-order valence-corrected chi connectivity index (χ0v) is 14.6. The van der Waals surface area contributed by atoms with Crippen LogP contribution in [-0.2, 0) is 22.3 Å². The maximum Gasteiger partial charge on any atom is 0.218 e. The van der Waals surface area contributed by atoms with E-state index in [0.29, 0.717) is 6.54 Å². The van der Waals surface area contributed by atoms with Crippen molar-refractivity contribution in [1.82, 2.24) is 13.1 Å². The highest BCUT2D eigenvalue weighted by atomic mass is 32.2. The molecule has 0 unspecified atom stereocenters. The van der Waals surface area contributed by atoms with Gasteiger partial charge >= 0.3 is 0 Å². The monoisotopic (exact) mass is 347 g/mol. The van der Waals surface area contributed by atoms with E-state index in [1.807, 2.05) is 49.4 Å². The number of sulfonamides is 1. The minimum Gasteiger partial charge on any atom is -0.212 e. The minimum absolute atomic E-state index is 0.00425. The van der Waals surface area contributed by atoms with Gasteiger partial charge in [0.15, 0.2) is 0 Å². The lowest BCUT2D eigenvalue weighted by atomic mass is 10.2. The Hall–Kier alpha value is -1.83. The van der Waals surface area contributed by atoms with Gasteiger partial charge in [-0.05, 0) is 30.2 Å². The van der Waals surface area contributed by atoms with Gasteiger partial charge in [-0.1, -0.05) is 35.9 Å². The van der Waals surface area contributed by atoms with Crippen LogP contribution in [0.25, 0.3) is 11.0 Å². The first-order valence-corrected chi connectivity index (χ1v) is 9.49. The third-order valence-corrected chi connectivity index (χ3v) is 6.00. The van der Waals surface area contributed by atoms with E-state index in [4.69, 9.17) is 0 Å². The van der Waals surface area contributed by atoms with E-state index in [-0.39, 0.29) is 5.75 Å². The second kappa shape index (κ2) is 6.35. The molecule has 0 atom stereocenters. The van der Waals surface area contributed by atoms with E-state index in [1.54, 1.807) is 7.05 Å². The molecule has 0 aliphatic heterocycles. The minimum atomic E-state index is -3.36. The first-order chi connectivity index (χ1) is 10.9. The van der Waals surface area contributed by atoms with Crippen LogP contribution in [0.2, 0.25) is 0 Å². The highest BCUT2D eigenvalue weighted by Crippen LogP contribution is 2.17. The Balaban J connectivity index is 1.75. The molecule has 0 aliphatic carbocycles. The maximum absolute atomic E-state index is 12.5. The molecule has 1 heterocycles. The summed E-state index contributed by atoms with van der Waals surface area (Å²) < 4.78 is 34.7. The first kappa shape index (κ1) is 16.0. The largest absolute Gasteiger partial charge is 0.218 e. The van der Waals surface area contributed by atoms with Gasteiger partial charge in [0, 0.05) is 13.6 Å². The average Bonchev–Trinajstić information content (AvgIpc) is 2.97. The number of aromatic nitrogens is 2. The molecule has 120 valence electrons. The van der Waals surface area contributed by atoms with Crippen molar-refractivity contribution < 1.29 is 8.42 Å². The van der Waals surface area contributed by atoms with Crippen molar-refractivity contribution in [2.24, 2.45) is 0 Å². The lowest BCUT2D eigenvalue weighted by molar-refractivity contribution is 0.466. The Labute approximate surface area is 140 Å². The quantitative estimate of drug-likeness (QED) is 0.712. The summed E-state index contributed by atoms with van der Waals surface area (Å²) in [6.45, 7) is 2.30. The highest BCUT2D eigenvalue weighted by Gasteiger charge is 2.19. The third kappa shape index (κ3) is 3.74. The molecule has 0 amide bonds. The van der Waals surface area contributed by atoms with Gasteiger partial charge in [0.1, 0.15) is 11.0 Å². The van der Waals surface area contributed by atoms with E-state index in [0.717, 1.165) is 39.5 Å². The van der Waals surface area contributed by atoms with E-state index in [1.165, 1.54) is 4.31 Å². The van der Waals surface area contributed by atoms with Crippen LogP contribution in [0, 0.1) is 6.92 Å². The van der Waals surface area contributed by atoms with Crippen LogP contribution in [0.1, 0.15) is 16.7 Å². The predicted octanol–water partition coefficient (Wildman–Crippen LogP) is 2.96. The molecule has 23 heavy (non-hydrogen) atoms. The molecule has 3 aromatic rings. The van der Waals surface area contributed by atoms with Crippen LogP contribution in [0.5, 0.6) is 0 Å². The maximum atomic E-state index is 12.5. The fraction of sp³-hybridized carbons (Fsp3) is 0.250. The van der Waals surface area contributed by atoms with E-state index in [2.05, 4.69) is 8.75 Å². The standard InChI is InChI=1S/C16H17N3O2S2/c1-12-3-5-13(6-4-12)11-23(20,21)19(2)10-14-7-8-15-16(9-14)18-22-17-15/h3-9H,10-11H2,1-2H3. The van der Waals surface area contributed by atoms with Gasteiger partial charge in [-0.25, -0.2) is 12.7 Å². The molecule has 0 N–H and O–H groups in total. The fourth-order valence-electron chi connectivity index (χ4n) is 2.29. The number of aryl methyl sites for hydroxylation is 1. The zero-order chi connectivity index (χ0) is 16.4. The van der Waals surface area contributed by atoms with Gasteiger partial charge < -0.3 is 0 Å². The Morgan fingerprint density at radius 2 is 1.65 bits per heavy atom. The number of benzene rings is 2. The van der Waals surface area contributed by atoms with Crippen molar-refractivity contribution >= 4 is 32.8 Å². The Bertz CT molecular complexity index is 918. The second-order valence-electron chi connectivity index (χ2n) is 5.59. The molecule has 0 saturated carbocycles. The average molecular weight is 347 g/mol. The number of hydrogen-bond donors (Lipinski definition) is 0. The summed E-state index contributed by atoms with van der Waals surface area (Å²) in [5.41, 5.74) is 4.45. The normalized spacial score (nSPS) is 12.1. The van der Waals surface area contributed by atoms with Crippen molar-refractivity contribution in [3.63, 3.8) is 0 Å². The number of fused-ring (bicyclic) bond motifs is 1. The van der Waals surface area contributed by atoms with Crippen LogP contribution in [-0.4, -0.2) is 28.5 Å². The summed E-state index contributed by atoms with van der Waals surface area (Å²) in [5.74, 6) is 0.00425. The van der Waals surface area contributed by atoms with Crippen LogP contribution >= 0.6 is 11.7 Å². The molecule has 5 nitrogen and oxygen atoms in total. The molecular formula is C16H17N3O2S2. The van der Waals surface area contributed by atoms with E-state index < -0.39 is 10.0 Å². The highest BCUT2D eigenvalue weighted by molar-refractivity contribution is 7.88. The lowest BCUT2D eigenvalue weighted by Gasteiger charge is -2.17. The molecule has 2 aromatic carbocycles. The number of hydrogen-bond acceptors (Lipinski definition) is 5. The Morgan fingerprint density at radius 1 is 1.00 bits per heavy atom. The molecule has 0 bridgehead atoms. The third-order valence-electron chi connectivity index (χ3n) is 3.67. The van der Waals surface area contributed by atoms with Crippen molar-refractivity contribution in [3.05, 3.63) is 59.2 Å². The van der Waals surface area contributed by atoms with Crippen molar-refractivity contribution in [3.8, 4) is 0 Å². The van der Waals surface area contributed by atoms with Gasteiger partial charge in [-0.15, -0.1) is 0 Å². The van der Waals surface area contributed by atoms with Gasteiger partial charge in [-0.3, -0.25) is 0 Å². The number of rotatable bonds is 5. The van der Waals surface area contributed by atoms with Crippen LogP contribution in [0.4, 0.5) is 0 Å². The van der Waals surface area contributed by atoms with Gasteiger partial charge in [0.05, 0.1) is 17.5 Å². The molecule has 1 aromatic heterocycles. The first-order valence-electron chi connectivity index (χ1n) is 7.15. The molecular weight excluding hydrogens is 330 g/mol. The molecule has 0 aliphatic rings. The summed E-state index contributed by atoms with van der Waals surface area (Å²) in [7, 11) is -1.76. The molecule has 0 spiro atoms. The van der Waals surface area contributed by atoms with Crippen LogP contribution < -0.4 is 0 Å². The molecule has 3 rings (SSSR count). The summed E-state index contributed by atoms with van der Waals surface area (Å²) in [6.07, 6.45) is 0. The van der Waals surface area contributed by atoms with Gasteiger partial charge in [0.2, 0.25) is 10.0 Å². The van der Waals surface area contributed by atoms with Crippen molar-refractivity contribution in [2.75, 3.05) is 7.05 Å². The van der Waals surface area contributed by atoms with E-state index >= 15 is 0 Å². The summed E-state index contributed by atoms with van der Waals surface area (Å²) in [4.78, 5) is 0. The molecule has 7 heteroatoms. The smallest absolute Gasteiger partial charge is 0.212 e. The topological polar surface area (TPSA) is 63.2 Å². The fourth-order valence-corrected chi connectivity index (χ4v) is 3.98. The molecule has 0 fully saturated rings. The number of nitrogens with zero attached hydrogens (tertiary/aromatic N) is 3. The second-order valence-corrected chi connectivity index (χ2v) is 8.19. The summed E-state index contributed by atoms with van der Waals surface area (Å²) >= 11 is 1.16. The van der Waals surface area contributed by atoms with Crippen molar-refractivity contribution in [1.29, 1.82) is 0 Å². The zero-order valence-electron chi connectivity index (χ0n) is 12.9. The molecule has 0 saturated heterocycles.